The Balaban J connectivity index is 2.34. The average Bonchev–Trinajstić information content (AvgIpc) is 2.51. The van der Waals surface area contributed by atoms with Crippen LogP contribution in [0.1, 0.15) is 16.7 Å². The second-order valence-electron chi connectivity index (χ2n) is 5.06. The van der Waals surface area contributed by atoms with Gasteiger partial charge in [-0.2, -0.15) is 5.26 Å². The van der Waals surface area contributed by atoms with Gasteiger partial charge in [-0.1, -0.05) is 34.1 Å². The highest BCUT2D eigenvalue weighted by Gasteiger charge is 2.13. The number of halogens is 2. The molecule has 0 heterocycles. The monoisotopic (exact) mass is 372 g/mol. The van der Waals surface area contributed by atoms with Crippen molar-refractivity contribution in [3.8, 4) is 6.07 Å². The summed E-state index contributed by atoms with van der Waals surface area (Å²) in [6, 6.07) is 11.8. The quantitative estimate of drug-likeness (QED) is 0.624. The SMILES string of the molecule is Cc1cccc(C)c1NC(=O)/C(C#N)=C/c1cc(Br)ccc1F. The molecule has 1 N–H and O–H groups in total. The zero-order chi connectivity index (χ0) is 17.0. The van der Waals surface area contributed by atoms with Crippen molar-refractivity contribution >= 4 is 33.6 Å². The maximum absolute atomic E-state index is 13.8. The van der Waals surface area contributed by atoms with Gasteiger partial charge in [-0.25, -0.2) is 4.39 Å². The number of amides is 1. The van der Waals surface area contributed by atoms with Gasteiger partial charge in [-0.3, -0.25) is 4.79 Å². The van der Waals surface area contributed by atoms with E-state index in [0.717, 1.165) is 11.1 Å². The molecule has 5 heteroatoms. The summed E-state index contributed by atoms with van der Waals surface area (Å²) in [4.78, 5) is 12.3. The first-order valence-corrected chi connectivity index (χ1v) is 7.66. The lowest BCUT2D eigenvalue weighted by atomic mass is 10.1. The fourth-order valence-corrected chi connectivity index (χ4v) is 2.50. The van der Waals surface area contributed by atoms with Crippen molar-refractivity contribution in [2.75, 3.05) is 5.32 Å². The standard InChI is InChI=1S/C18H14BrFN2O/c1-11-4-3-5-12(2)17(11)22-18(23)14(10-21)8-13-9-15(19)6-7-16(13)20/h3-9H,1-2H3,(H,22,23)/b14-8+. The Hall–Kier alpha value is -2.45. The highest BCUT2D eigenvalue weighted by Crippen LogP contribution is 2.22. The molecule has 0 spiro atoms. The average molecular weight is 373 g/mol. The van der Waals surface area contributed by atoms with E-state index in [1.165, 1.54) is 18.2 Å². The molecular formula is C18H14BrFN2O. The van der Waals surface area contributed by atoms with E-state index in [2.05, 4.69) is 21.2 Å². The Bertz CT molecular complexity index is 817. The Kier molecular flexibility index (Phi) is 5.30. The number of anilines is 1. The highest BCUT2D eigenvalue weighted by atomic mass is 79.9. The van der Waals surface area contributed by atoms with Gasteiger partial charge >= 0.3 is 0 Å². The van der Waals surface area contributed by atoms with Gasteiger partial charge in [0, 0.05) is 15.7 Å². The van der Waals surface area contributed by atoms with Crippen LogP contribution in [0.25, 0.3) is 6.08 Å². The van der Waals surface area contributed by atoms with E-state index >= 15 is 0 Å². The summed E-state index contributed by atoms with van der Waals surface area (Å²) in [5.74, 6) is -1.06. The van der Waals surface area contributed by atoms with Crippen LogP contribution in [0, 0.1) is 31.0 Å². The van der Waals surface area contributed by atoms with Crippen molar-refractivity contribution in [3.63, 3.8) is 0 Å². The third-order valence-corrected chi connectivity index (χ3v) is 3.84. The molecule has 2 rings (SSSR count). The molecule has 0 atom stereocenters. The van der Waals surface area contributed by atoms with Crippen LogP contribution in [-0.4, -0.2) is 5.91 Å². The molecule has 0 bridgehead atoms. The first-order valence-electron chi connectivity index (χ1n) is 6.87. The lowest BCUT2D eigenvalue weighted by molar-refractivity contribution is -0.112. The first-order chi connectivity index (χ1) is 10.9. The van der Waals surface area contributed by atoms with Gasteiger partial charge in [0.1, 0.15) is 17.5 Å². The molecule has 2 aromatic carbocycles. The highest BCUT2D eigenvalue weighted by molar-refractivity contribution is 9.10. The summed E-state index contributed by atoms with van der Waals surface area (Å²) in [6.07, 6.45) is 1.24. The number of carbonyl (C=O) groups excluding carboxylic acids is 1. The molecule has 0 saturated heterocycles. The van der Waals surface area contributed by atoms with Crippen molar-refractivity contribution in [2.24, 2.45) is 0 Å². The molecule has 0 aromatic heterocycles. The number of hydrogen-bond acceptors (Lipinski definition) is 2. The number of nitrogens with zero attached hydrogens (tertiary/aromatic N) is 1. The second-order valence-corrected chi connectivity index (χ2v) is 5.97. The summed E-state index contributed by atoms with van der Waals surface area (Å²) >= 11 is 3.24. The van der Waals surface area contributed by atoms with E-state index in [1.54, 1.807) is 6.07 Å². The molecule has 0 aliphatic rings. The predicted molar refractivity (Wildman–Crippen MR) is 92.2 cm³/mol. The molecule has 116 valence electrons. The lowest BCUT2D eigenvalue weighted by Crippen LogP contribution is -2.15. The minimum Gasteiger partial charge on any atom is -0.321 e. The van der Waals surface area contributed by atoms with Crippen LogP contribution in [-0.2, 0) is 4.79 Å². The summed E-state index contributed by atoms with van der Waals surface area (Å²) in [5.41, 5.74) is 2.46. The van der Waals surface area contributed by atoms with Gasteiger partial charge in [0.25, 0.3) is 5.91 Å². The van der Waals surface area contributed by atoms with Gasteiger partial charge in [0.2, 0.25) is 0 Å². The number of rotatable bonds is 3. The molecule has 0 unspecified atom stereocenters. The number of hydrogen-bond donors (Lipinski definition) is 1. The molecule has 0 aliphatic heterocycles. The topological polar surface area (TPSA) is 52.9 Å². The summed E-state index contributed by atoms with van der Waals surface area (Å²) in [5, 5.41) is 11.9. The zero-order valence-electron chi connectivity index (χ0n) is 12.7. The van der Waals surface area contributed by atoms with Gasteiger partial charge < -0.3 is 5.32 Å². The fourth-order valence-electron chi connectivity index (χ4n) is 2.12. The van der Waals surface area contributed by atoms with Crippen molar-refractivity contribution in [2.45, 2.75) is 13.8 Å². The number of aryl methyl sites for hydroxylation is 2. The Labute approximate surface area is 142 Å². The van der Waals surface area contributed by atoms with E-state index in [0.29, 0.717) is 10.2 Å². The molecule has 0 aliphatic carbocycles. The Morgan fingerprint density at radius 2 is 1.91 bits per heavy atom. The molecule has 2 aromatic rings. The van der Waals surface area contributed by atoms with Crippen molar-refractivity contribution in [1.29, 1.82) is 5.26 Å². The smallest absolute Gasteiger partial charge is 0.266 e. The third-order valence-electron chi connectivity index (χ3n) is 3.34. The van der Waals surface area contributed by atoms with Crippen LogP contribution in [0.5, 0.6) is 0 Å². The lowest BCUT2D eigenvalue weighted by Gasteiger charge is -2.11. The van der Waals surface area contributed by atoms with Crippen LogP contribution >= 0.6 is 15.9 Å². The van der Waals surface area contributed by atoms with Gasteiger partial charge in [-0.05, 0) is 49.2 Å². The number of para-hydroxylation sites is 1. The van der Waals surface area contributed by atoms with E-state index in [4.69, 9.17) is 0 Å². The molecular weight excluding hydrogens is 359 g/mol. The first kappa shape index (κ1) is 16.9. The Morgan fingerprint density at radius 1 is 1.26 bits per heavy atom. The third kappa shape index (κ3) is 4.05. The molecule has 3 nitrogen and oxygen atoms in total. The summed E-state index contributed by atoms with van der Waals surface area (Å²) < 4.78 is 14.4. The minimum absolute atomic E-state index is 0.162. The maximum Gasteiger partial charge on any atom is 0.266 e. The minimum atomic E-state index is -0.565. The molecule has 0 radical (unpaired) electrons. The fraction of sp³-hybridized carbons (Fsp3) is 0.111. The van der Waals surface area contributed by atoms with E-state index in [-0.39, 0.29) is 11.1 Å². The van der Waals surface area contributed by atoms with Crippen molar-refractivity contribution in [3.05, 3.63) is 69.0 Å². The van der Waals surface area contributed by atoms with Gasteiger partial charge in [-0.15, -0.1) is 0 Å². The molecule has 23 heavy (non-hydrogen) atoms. The van der Waals surface area contributed by atoms with Crippen molar-refractivity contribution in [1.82, 2.24) is 0 Å². The van der Waals surface area contributed by atoms with E-state index < -0.39 is 11.7 Å². The zero-order valence-corrected chi connectivity index (χ0v) is 14.2. The second kappa shape index (κ2) is 7.21. The number of benzene rings is 2. The van der Waals surface area contributed by atoms with Crippen LogP contribution in [0.4, 0.5) is 10.1 Å². The predicted octanol–water partition coefficient (Wildman–Crippen LogP) is 4.75. The summed E-state index contributed by atoms with van der Waals surface area (Å²) in [6.45, 7) is 3.73. The number of carbonyl (C=O) groups is 1. The molecule has 1 amide bonds. The van der Waals surface area contributed by atoms with Gasteiger partial charge in [0.05, 0.1) is 0 Å². The largest absolute Gasteiger partial charge is 0.321 e. The molecule has 0 fully saturated rings. The number of nitrogens with one attached hydrogen (secondary N) is 1. The van der Waals surface area contributed by atoms with Crippen LogP contribution in [0.2, 0.25) is 0 Å². The molecule has 0 saturated carbocycles. The van der Waals surface area contributed by atoms with E-state index in [9.17, 15) is 14.4 Å². The van der Waals surface area contributed by atoms with Crippen LogP contribution < -0.4 is 5.32 Å². The van der Waals surface area contributed by atoms with Crippen molar-refractivity contribution < 1.29 is 9.18 Å². The van der Waals surface area contributed by atoms with E-state index in [1.807, 2.05) is 38.1 Å². The normalized spacial score (nSPS) is 11.0. The number of nitriles is 1. The van der Waals surface area contributed by atoms with Crippen LogP contribution in [0.15, 0.2) is 46.4 Å². The maximum atomic E-state index is 13.8. The Morgan fingerprint density at radius 3 is 2.52 bits per heavy atom. The van der Waals surface area contributed by atoms with Crippen LogP contribution in [0.3, 0.4) is 0 Å². The van der Waals surface area contributed by atoms with Gasteiger partial charge in [0.15, 0.2) is 0 Å². The summed E-state index contributed by atoms with van der Waals surface area (Å²) in [7, 11) is 0.